The van der Waals surface area contributed by atoms with E-state index in [2.05, 4.69) is 41.4 Å². The minimum atomic E-state index is -3.49. The van der Waals surface area contributed by atoms with Crippen molar-refractivity contribution >= 4 is 44.0 Å². The van der Waals surface area contributed by atoms with E-state index in [1.54, 1.807) is 28.6 Å². The Kier molecular flexibility index (Phi) is 15.4. The Hall–Kier alpha value is -5.06. The summed E-state index contributed by atoms with van der Waals surface area (Å²) in [4.78, 5) is 19.0. The second-order valence-corrected chi connectivity index (χ2v) is 20.3. The van der Waals surface area contributed by atoms with Gasteiger partial charge < -0.3 is 15.7 Å². The highest BCUT2D eigenvalue weighted by molar-refractivity contribution is 7.89. The molecule has 65 heavy (non-hydrogen) atoms. The zero-order valence-corrected chi connectivity index (χ0v) is 39.1. The number of hydrogen-bond acceptors (Lipinski definition) is 11. The Bertz CT molecular complexity index is 2580. The number of sulfonamides is 1. The molecule has 5 heterocycles. The number of aliphatic hydroxyl groups is 1. The van der Waals surface area contributed by atoms with Crippen LogP contribution in [0, 0.1) is 17.7 Å². The van der Waals surface area contributed by atoms with E-state index in [0.717, 1.165) is 141 Å². The number of nitrogens with one attached hydrogen (secondary N) is 2. The van der Waals surface area contributed by atoms with Gasteiger partial charge in [0.05, 0.1) is 27.8 Å². The fraction of sp³-hybridized carbons (Fsp3) is 0.551. The smallest absolute Gasteiger partial charge is 0.243 e. The van der Waals surface area contributed by atoms with Crippen LogP contribution in [0.4, 0.5) is 16.3 Å². The van der Waals surface area contributed by atoms with Crippen LogP contribution in [0.15, 0.2) is 65.8 Å². The number of rotatable bonds is 15. The van der Waals surface area contributed by atoms with Gasteiger partial charge in [-0.1, -0.05) is 65.0 Å². The van der Waals surface area contributed by atoms with Gasteiger partial charge in [0.2, 0.25) is 21.9 Å². The SMILES string of the molecule is CCCCNc1ncc2c(-c3ccc(F)cc3)nn(CC3CCC(C)CC3)c2n1.CCCCNc1ncc2c(-c3ccc(S(=O)(=O)N4CCCCC4)cc3)nn(C3CCC(O)CC3)c2n1. The van der Waals surface area contributed by atoms with Gasteiger partial charge in [-0.2, -0.15) is 24.5 Å². The Labute approximate surface area is 382 Å². The molecule has 1 aliphatic heterocycles. The van der Waals surface area contributed by atoms with Gasteiger partial charge >= 0.3 is 0 Å². The number of anilines is 2. The third-order valence-corrected chi connectivity index (χ3v) is 15.3. The Balaban J connectivity index is 0.000000181. The van der Waals surface area contributed by atoms with E-state index >= 15 is 0 Å². The predicted molar refractivity (Wildman–Crippen MR) is 256 cm³/mol. The molecule has 1 saturated heterocycles. The van der Waals surface area contributed by atoms with Crippen LogP contribution in [0.3, 0.4) is 0 Å². The van der Waals surface area contributed by atoms with E-state index in [1.807, 2.05) is 33.9 Å². The van der Waals surface area contributed by atoms with Crippen LogP contribution in [-0.4, -0.2) is 89.6 Å². The summed E-state index contributed by atoms with van der Waals surface area (Å²) in [7, 11) is -3.49. The van der Waals surface area contributed by atoms with Crippen molar-refractivity contribution in [3.8, 4) is 22.5 Å². The summed E-state index contributed by atoms with van der Waals surface area (Å²) >= 11 is 0. The number of aliphatic hydroxyl groups excluding tert-OH is 1. The molecule has 6 aromatic rings. The van der Waals surface area contributed by atoms with Gasteiger partial charge in [-0.15, -0.1) is 0 Å². The van der Waals surface area contributed by atoms with Crippen LogP contribution < -0.4 is 10.6 Å². The molecule has 2 aromatic carbocycles. The molecule has 0 bridgehead atoms. The highest BCUT2D eigenvalue weighted by Crippen LogP contribution is 2.36. The maximum Gasteiger partial charge on any atom is 0.243 e. The van der Waals surface area contributed by atoms with Crippen molar-refractivity contribution in [3.63, 3.8) is 0 Å². The summed E-state index contributed by atoms with van der Waals surface area (Å²) < 4.78 is 45.2. The molecule has 4 aromatic heterocycles. The van der Waals surface area contributed by atoms with Gasteiger partial charge in [0, 0.05) is 56.2 Å². The van der Waals surface area contributed by atoms with E-state index in [1.165, 1.54) is 37.8 Å². The lowest BCUT2D eigenvalue weighted by molar-refractivity contribution is 0.109. The monoisotopic (exact) mass is 908 g/mol. The quantitative estimate of drug-likeness (QED) is 0.0839. The molecule has 14 nitrogen and oxygen atoms in total. The Morgan fingerprint density at radius 3 is 1.86 bits per heavy atom. The standard InChI is InChI=1S/C26H36N6O3S.C23H30FN5/c1-2-3-15-27-26-28-18-23-24(30-32(25(23)29-26)20-9-11-21(33)12-10-20)19-7-13-22(14-8-19)36(34,35)31-16-5-4-6-17-31;1-3-4-13-25-23-26-14-20-21(18-9-11-19(24)12-10-18)28-29(22(20)27-23)15-17-7-5-16(2)6-8-17/h7-8,13-14,18,20-21,33H,2-6,9-12,15-17H2,1H3,(H,27,28,29);9-12,14,16-17H,3-8,13,15H2,1-2H3,(H,25,26,27). The van der Waals surface area contributed by atoms with Crippen molar-refractivity contribution in [3.05, 3.63) is 66.7 Å². The maximum atomic E-state index is 13.4. The highest BCUT2D eigenvalue weighted by Gasteiger charge is 2.28. The fourth-order valence-electron chi connectivity index (χ4n) is 9.32. The summed E-state index contributed by atoms with van der Waals surface area (Å²) in [6.07, 6.45) is 18.9. The second kappa shape index (κ2) is 21.5. The molecule has 2 saturated carbocycles. The summed E-state index contributed by atoms with van der Waals surface area (Å²) in [6.45, 7) is 10.4. The van der Waals surface area contributed by atoms with Crippen LogP contribution in [0.1, 0.15) is 123 Å². The van der Waals surface area contributed by atoms with E-state index < -0.39 is 10.0 Å². The Morgan fingerprint density at radius 1 is 0.708 bits per heavy atom. The van der Waals surface area contributed by atoms with Crippen molar-refractivity contribution in [1.82, 2.24) is 43.8 Å². The number of hydrogen-bond donors (Lipinski definition) is 3. The molecule has 3 fully saturated rings. The zero-order chi connectivity index (χ0) is 45.3. The topological polar surface area (TPSA) is 169 Å². The van der Waals surface area contributed by atoms with E-state index in [9.17, 15) is 17.9 Å². The van der Waals surface area contributed by atoms with Gasteiger partial charge in [0.1, 0.15) is 17.2 Å². The lowest BCUT2D eigenvalue weighted by Gasteiger charge is -2.26. The number of fused-ring (bicyclic) bond motifs is 2. The number of nitrogens with zero attached hydrogens (tertiary/aromatic N) is 9. The largest absolute Gasteiger partial charge is 0.393 e. The molecular weight excluding hydrogens is 842 g/mol. The molecule has 0 unspecified atom stereocenters. The molecule has 0 radical (unpaired) electrons. The van der Waals surface area contributed by atoms with E-state index in [-0.39, 0.29) is 18.0 Å². The predicted octanol–water partition coefficient (Wildman–Crippen LogP) is 10.0. The molecule has 0 amide bonds. The number of piperidine rings is 1. The molecule has 2 aliphatic carbocycles. The summed E-state index contributed by atoms with van der Waals surface area (Å²) in [5.74, 6) is 2.44. The Morgan fingerprint density at radius 2 is 1.26 bits per heavy atom. The van der Waals surface area contributed by atoms with Crippen molar-refractivity contribution in [1.29, 1.82) is 0 Å². The average molecular weight is 908 g/mol. The van der Waals surface area contributed by atoms with Gasteiger partial charge in [0.25, 0.3) is 0 Å². The minimum Gasteiger partial charge on any atom is -0.393 e. The summed E-state index contributed by atoms with van der Waals surface area (Å²) in [6, 6.07) is 13.7. The van der Waals surface area contributed by atoms with Crippen LogP contribution in [-0.2, 0) is 16.6 Å². The maximum absolute atomic E-state index is 13.4. The van der Waals surface area contributed by atoms with Gasteiger partial charge in [-0.05, 0) is 112 Å². The van der Waals surface area contributed by atoms with Crippen molar-refractivity contribution in [2.75, 3.05) is 36.8 Å². The molecule has 3 aliphatic rings. The first-order valence-corrected chi connectivity index (χ1v) is 25.6. The summed E-state index contributed by atoms with van der Waals surface area (Å²) in [5.41, 5.74) is 4.93. The van der Waals surface area contributed by atoms with Crippen LogP contribution >= 0.6 is 0 Å². The van der Waals surface area contributed by atoms with Crippen molar-refractivity contribution in [2.45, 2.75) is 141 Å². The van der Waals surface area contributed by atoms with Crippen molar-refractivity contribution < 1.29 is 17.9 Å². The molecule has 0 atom stereocenters. The highest BCUT2D eigenvalue weighted by atomic mass is 32.2. The van der Waals surface area contributed by atoms with Crippen LogP contribution in [0.5, 0.6) is 0 Å². The molecule has 16 heteroatoms. The normalized spacial score (nSPS) is 20.7. The van der Waals surface area contributed by atoms with Crippen molar-refractivity contribution in [2.24, 2.45) is 11.8 Å². The van der Waals surface area contributed by atoms with Gasteiger partial charge in [-0.3, -0.25) is 0 Å². The van der Waals surface area contributed by atoms with E-state index in [4.69, 9.17) is 20.2 Å². The minimum absolute atomic E-state index is 0.154. The van der Waals surface area contributed by atoms with Crippen LogP contribution in [0.2, 0.25) is 0 Å². The summed E-state index contributed by atoms with van der Waals surface area (Å²) in [5, 5.41) is 28.3. The first kappa shape index (κ1) is 46.5. The number of halogens is 1. The molecule has 0 spiro atoms. The lowest BCUT2D eigenvalue weighted by atomic mass is 9.83. The number of benzene rings is 2. The third-order valence-electron chi connectivity index (χ3n) is 13.3. The first-order valence-electron chi connectivity index (χ1n) is 24.1. The second-order valence-electron chi connectivity index (χ2n) is 18.3. The van der Waals surface area contributed by atoms with Crippen LogP contribution in [0.25, 0.3) is 44.6 Å². The van der Waals surface area contributed by atoms with Gasteiger partial charge in [0.15, 0.2) is 11.3 Å². The number of unbranched alkanes of at least 4 members (excludes halogenated alkanes) is 2. The lowest BCUT2D eigenvalue weighted by Crippen LogP contribution is -2.35. The first-order chi connectivity index (χ1) is 31.6. The average Bonchev–Trinajstić information content (AvgIpc) is 3.89. The fourth-order valence-corrected chi connectivity index (χ4v) is 10.8. The van der Waals surface area contributed by atoms with E-state index in [0.29, 0.717) is 35.8 Å². The molecule has 348 valence electrons. The molecular formula is C49H66FN11O3S. The number of aromatic nitrogens is 8. The van der Waals surface area contributed by atoms with Gasteiger partial charge in [-0.25, -0.2) is 32.1 Å². The zero-order valence-electron chi connectivity index (χ0n) is 38.3. The molecule has 3 N–H and O–H groups in total. The molecule has 9 rings (SSSR count). The third kappa shape index (κ3) is 11.1.